The molecule has 0 aromatic heterocycles. The summed E-state index contributed by atoms with van der Waals surface area (Å²) in [7, 11) is 0. The molecule has 1 aromatic carbocycles. The zero-order chi connectivity index (χ0) is 11.9. The van der Waals surface area contributed by atoms with Crippen LogP contribution in [0.3, 0.4) is 0 Å². The first-order valence-electron chi connectivity index (χ1n) is 5.43. The van der Waals surface area contributed by atoms with Gasteiger partial charge in [0.15, 0.2) is 0 Å². The lowest BCUT2D eigenvalue weighted by atomic mass is 9.84. The van der Waals surface area contributed by atoms with Crippen molar-refractivity contribution in [2.24, 2.45) is 0 Å². The Kier molecular flexibility index (Phi) is 2.74. The van der Waals surface area contributed by atoms with Gasteiger partial charge < -0.3 is 5.11 Å². The van der Waals surface area contributed by atoms with Crippen molar-refractivity contribution >= 4 is 17.7 Å². The van der Waals surface area contributed by atoms with E-state index in [1.54, 1.807) is 13.8 Å². The highest BCUT2D eigenvalue weighted by molar-refractivity contribution is 7.99. The van der Waals surface area contributed by atoms with Gasteiger partial charge in [0.1, 0.15) is 0 Å². The number of carboxylic acid groups (broad SMARTS) is 1. The van der Waals surface area contributed by atoms with Gasteiger partial charge in [0.2, 0.25) is 0 Å². The van der Waals surface area contributed by atoms with E-state index in [1.807, 2.05) is 23.9 Å². The van der Waals surface area contributed by atoms with Gasteiger partial charge in [-0.3, -0.25) is 4.79 Å². The zero-order valence-electron chi connectivity index (χ0n) is 9.78. The van der Waals surface area contributed by atoms with E-state index in [4.69, 9.17) is 0 Å². The summed E-state index contributed by atoms with van der Waals surface area (Å²) in [5.41, 5.74) is 1.44. The van der Waals surface area contributed by atoms with Gasteiger partial charge in [0.05, 0.1) is 5.41 Å². The van der Waals surface area contributed by atoms with E-state index in [0.717, 1.165) is 11.3 Å². The molecule has 0 fully saturated rings. The summed E-state index contributed by atoms with van der Waals surface area (Å²) in [6.07, 6.45) is 0. The van der Waals surface area contributed by atoms with Crippen molar-refractivity contribution in [1.29, 1.82) is 0 Å². The maximum Gasteiger partial charge on any atom is 0.313 e. The van der Waals surface area contributed by atoms with E-state index in [-0.39, 0.29) is 0 Å². The molecule has 0 aliphatic carbocycles. The molecule has 1 aromatic rings. The number of hydrogen-bond acceptors (Lipinski definition) is 2. The first-order chi connectivity index (χ1) is 7.43. The molecule has 0 saturated carbocycles. The number of carbonyl (C=O) groups is 1. The lowest BCUT2D eigenvalue weighted by Crippen LogP contribution is -2.28. The summed E-state index contributed by atoms with van der Waals surface area (Å²) in [6, 6.07) is 6.08. The van der Waals surface area contributed by atoms with Crippen molar-refractivity contribution in [1.82, 2.24) is 0 Å². The molecule has 1 aliphatic rings. The SMILES string of the molecule is CC1CSc2cc(C(C)(C)C(=O)O)ccc21. The number of thioether (sulfide) groups is 1. The molecule has 1 atom stereocenters. The molecule has 16 heavy (non-hydrogen) atoms. The molecule has 2 nitrogen and oxygen atoms in total. The van der Waals surface area contributed by atoms with Gasteiger partial charge in [-0.2, -0.15) is 0 Å². The Hall–Kier alpha value is -0.960. The number of hydrogen-bond donors (Lipinski definition) is 1. The summed E-state index contributed by atoms with van der Waals surface area (Å²) in [6.45, 7) is 5.71. The molecule has 86 valence electrons. The summed E-state index contributed by atoms with van der Waals surface area (Å²) < 4.78 is 0. The van der Waals surface area contributed by atoms with Crippen molar-refractivity contribution in [3.05, 3.63) is 29.3 Å². The van der Waals surface area contributed by atoms with Crippen molar-refractivity contribution in [2.45, 2.75) is 37.0 Å². The van der Waals surface area contributed by atoms with Crippen molar-refractivity contribution in [2.75, 3.05) is 5.75 Å². The lowest BCUT2D eigenvalue weighted by Gasteiger charge is -2.20. The zero-order valence-corrected chi connectivity index (χ0v) is 10.6. The Morgan fingerprint density at radius 2 is 2.19 bits per heavy atom. The average Bonchev–Trinajstić information content (AvgIpc) is 2.60. The third kappa shape index (κ3) is 1.73. The fourth-order valence-electron chi connectivity index (χ4n) is 1.88. The molecule has 1 N–H and O–H groups in total. The average molecular weight is 236 g/mol. The Labute approximate surface area is 100 Å². The first kappa shape index (κ1) is 11.5. The van der Waals surface area contributed by atoms with Gasteiger partial charge in [0.25, 0.3) is 0 Å². The Balaban J connectivity index is 2.43. The molecule has 0 saturated heterocycles. The minimum Gasteiger partial charge on any atom is -0.481 e. The van der Waals surface area contributed by atoms with Crippen molar-refractivity contribution in [3.8, 4) is 0 Å². The van der Waals surface area contributed by atoms with E-state index in [2.05, 4.69) is 13.0 Å². The maximum atomic E-state index is 11.2. The molecule has 0 amide bonds. The van der Waals surface area contributed by atoms with Crippen LogP contribution in [0.25, 0.3) is 0 Å². The van der Waals surface area contributed by atoms with Crippen LogP contribution in [0, 0.1) is 0 Å². The van der Waals surface area contributed by atoms with Crippen LogP contribution in [0.5, 0.6) is 0 Å². The number of fused-ring (bicyclic) bond motifs is 1. The second-order valence-electron chi connectivity index (χ2n) is 4.89. The van der Waals surface area contributed by atoms with Gasteiger partial charge in [0, 0.05) is 10.6 Å². The molecule has 0 radical (unpaired) electrons. The van der Waals surface area contributed by atoms with Crippen LogP contribution in [0.15, 0.2) is 23.1 Å². The van der Waals surface area contributed by atoms with E-state index in [0.29, 0.717) is 5.92 Å². The molecular weight excluding hydrogens is 220 g/mol. The van der Waals surface area contributed by atoms with Gasteiger partial charge in [-0.15, -0.1) is 11.8 Å². The number of rotatable bonds is 2. The maximum absolute atomic E-state index is 11.2. The summed E-state index contributed by atoms with van der Waals surface area (Å²) in [4.78, 5) is 12.4. The van der Waals surface area contributed by atoms with Gasteiger partial charge in [-0.1, -0.05) is 19.1 Å². The van der Waals surface area contributed by atoms with Crippen LogP contribution < -0.4 is 0 Å². The van der Waals surface area contributed by atoms with E-state index >= 15 is 0 Å². The van der Waals surface area contributed by atoms with Crippen LogP contribution in [-0.2, 0) is 10.2 Å². The molecule has 2 rings (SSSR count). The van der Waals surface area contributed by atoms with Crippen LogP contribution in [0.1, 0.15) is 37.8 Å². The highest BCUT2D eigenvalue weighted by atomic mass is 32.2. The molecule has 0 bridgehead atoms. The van der Waals surface area contributed by atoms with E-state index < -0.39 is 11.4 Å². The summed E-state index contributed by atoms with van der Waals surface area (Å²) in [5.74, 6) is 0.914. The van der Waals surface area contributed by atoms with Crippen LogP contribution in [0.2, 0.25) is 0 Å². The standard InChI is InChI=1S/C13H16O2S/c1-8-7-16-11-6-9(4-5-10(8)11)13(2,3)12(14)15/h4-6,8H,7H2,1-3H3,(H,14,15). The first-order valence-corrected chi connectivity index (χ1v) is 6.42. The predicted molar refractivity (Wildman–Crippen MR) is 66.2 cm³/mol. The second-order valence-corrected chi connectivity index (χ2v) is 5.96. The highest BCUT2D eigenvalue weighted by Crippen LogP contribution is 2.41. The quantitative estimate of drug-likeness (QED) is 0.856. The Morgan fingerprint density at radius 1 is 1.50 bits per heavy atom. The Morgan fingerprint density at radius 3 is 2.81 bits per heavy atom. The topological polar surface area (TPSA) is 37.3 Å². The van der Waals surface area contributed by atoms with Crippen molar-refractivity contribution < 1.29 is 9.90 Å². The normalized spacial score (nSPS) is 19.6. The molecule has 1 heterocycles. The van der Waals surface area contributed by atoms with E-state index in [1.165, 1.54) is 10.5 Å². The van der Waals surface area contributed by atoms with Crippen molar-refractivity contribution in [3.63, 3.8) is 0 Å². The fraction of sp³-hybridized carbons (Fsp3) is 0.462. The molecule has 1 aliphatic heterocycles. The van der Waals surface area contributed by atoms with Crippen LogP contribution >= 0.6 is 11.8 Å². The smallest absolute Gasteiger partial charge is 0.313 e. The lowest BCUT2D eigenvalue weighted by molar-refractivity contribution is -0.142. The molecule has 0 spiro atoms. The predicted octanol–water partition coefficient (Wildman–Crippen LogP) is 3.26. The summed E-state index contributed by atoms with van der Waals surface area (Å²) >= 11 is 1.83. The largest absolute Gasteiger partial charge is 0.481 e. The molecule has 1 unspecified atom stereocenters. The number of aliphatic carboxylic acids is 1. The molecule has 3 heteroatoms. The van der Waals surface area contributed by atoms with Gasteiger partial charge in [-0.05, 0) is 37.0 Å². The minimum absolute atomic E-state index is 0.585. The van der Waals surface area contributed by atoms with Crippen LogP contribution in [0.4, 0.5) is 0 Å². The van der Waals surface area contributed by atoms with E-state index in [9.17, 15) is 9.90 Å². The molecular formula is C13H16O2S. The number of carboxylic acids is 1. The second kappa shape index (κ2) is 3.81. The minimum atomic E-state index is -0.804. The summed E-state index contributed by atoms with van der Waals surface area (Å²) in [5, 5.41) is 9.19. The van der Waals surface area contributed by atoms with Gasteiger partial charge in [-0.25, -0.2) is 0 Å². The van der Waals surface area contributed by atoms with Crippen LogP contribution in [-0.4, -0.2) is 16.8 Å². The monoisotopic (exact) mass is 236 g/mol. The highest BCUT2D eigenvalue weighted by Gasteiger charge is 2.31. The fourth-order valence-corrected chi connectivity index (χ4v) is 3.14. The number of benzene rings is 1. The third-order valence-electron chi connectivity index (χ3n) is 3.29. The Bertz CT molecular complexity index is 438. The third-order valence-corrected chi connectivity index (χ3v) is 4.62. The van der Waals surface area contributed by atoms with Gasteiger partial charge >= 0.3 is 5.97 Å².